The van der Waals surface area contributed by atoms with Gasteiger partial charge >= 0.3 is 0 Å². The van der Waals surface area contributed by atoms with Crippen LogP contribution in [0.25, 0.3) is 0 Å². The van der Waals surface area contributed by atoms with E-state index in [0.29, 0.717) is 11.5 Å². The summed E-state index contributed by atoms with van der Waals surface area (Å²) in [6.45, 7) is 8.28. The minimum absolute atomic E-state index is 0.567. The van der Waals surface area contributed by atoms with E-state index >= 15 is 0 Å². The highest BCUT2D eigenvalue weighted by molar-refractivity contribution is 5.54. The van der Waals surface area contributed by atoms with Crippen molar-refractivity contribution in [3.05, 3.63) is 18.3 Å². The molecule has 2 saturated carbocycles. The largest absolute Gasteiger partial charge is 0.370 e. The summed E-state index contributed by atoms with van der Waals surface area (Å²) in [5.74, 6) is 3.75. The Bertz CT molecular complexity index is 599. The Morgan fingerprint density at radius 3 is 2.96 bits per heavy atom. The molecule has 0 spiro atoms. The van der Waals surface area contributed by atoms with Crippen LogP contribution in [0.5, 0.6) is 0 Å². The van der Waals surface area contributed by atoms with Gasteiger partial charge in [-0.3, -0.25) is 0 Å². The van der Waals surface area contributed by atoms with Gasteiger partial charge in [-0.1, -0.05) is 13.8 Å². The number of rotatable bonds is 5. The van der Waals surface area contributed by atoms with Crippen LogP contribution in [0.3, 0.4) is 0 Å². The molecule has 25 heavy (non-hydrogen) atoms. The molecule has 1 saturated heterocycles. The average molecular weight is 343 g/mol. The smallest absolute Gasteiger partial charge is 0.127 e. The fourth-order valence-electron chi connectivity index (χ4n) is 5.58. The molecular weight excluding hydrogens is 308 g/mol. The number of aromatic nitrogens is 1. The van der Waals surface area contributed by atoms with Gasteiger partial charge in [0, 0.05) is 43.6 Å². The van der Waals surface area contributed by atoms with Crippen molar-refractivity contribution < 1.29 is 0 Å². The van der Waals surface area contributed by atoms with Crippen LogP contribution in [-0.4, -0.2) is 37.7 Å². The van der Waals surface area contributed by atoms with Crippen molar-refractivity contribution in [2.45, 2.75) is 52.0 Å². The topological polar surface area (TPSA) is 40.2 Å². The van der Waals surface area contributed by atoms with Gasteiger partial charge in [-0.2, -0.15) is 0 Å². The Morgan fingerprint density at radius 2 is 2.16 bits per heavy atom. The summed E-state index contributed by atoms with van der Waals surface area (Å²) < 4.78 is 0. The summed E-state index contributed by atoms with van der Waals surface area (Å²) >= 11 is 0. The predicted octanol–water partition coefficient (Wildman–Crippen LogP) is 3.75. The Labute approximate surface area is 152 Å². The zero-order valence-electron chi connectivity index (χ0n) is 16.1. The number of likely N-dealkylation sites (N-methyl/N-ethyl adjacent to an activating group) is 1. The van der Waals surface area contributed by atoms with E-state index in [2.05, 4.69) is 53.5 Å². The van der Waals surface area contributed by atoms with Crippen LogP contribution < -0.4 is 15.5 Å². The molecule has 4 atom stereocenters. The molecule has 0 amide bonds. The molecule has 2 aliphatic carbocycles. The maximum absolute atomic E-state index is 4.57. The predicted molar refractivity (Wildman–Crippen MR) is 105 cm³/mol. The number of nitrogens with zero attached hydrogens (tertiary/aromatic N) is 2. The van der Waals surface area contributed by atoms with Crippen molar-refractivity contribution in [3.8, 4) is 0 Å². The van der Waals surface area contributed by atoms with Crippen LogP contribution in [-0.2, 0) is 0 Å². The number of nitrogens with one attached hydrogen (secondary N) is 2. The Kier molecular flexibility index (Phi) is 4.65. The van der Waals surface area contributed by atoms with E-state index in [1.807, 2.05) is 6.20 Å². The van der Waals surface area contributed by atoms with Crippen molar-refractivity contribution in [1.82, 2.24) is 10.3 Å². The standard InChI is InChI=1S/C21H34N4/c1-21(2)12-16-10-17(21)5-4-15(16)13-24-20-11-19(6-8-23-20)25-9-7-18(14-25)22-3/h6,8,11,15-18,22H,4-5,7,9-10,12-14H2,1-3H3,(H,23,24)/t15-,16-,17+,18+/m1/s1. The molecule has 0 aromatic carbocycles. The van der Waals surface area contributed by atoms with Crippen molar-refractivity contribution in [2.24, 2.45) is 23.2 Å². The van der Waals surface area contributed by atoms with E-state index in [1.54, 1.807) is 0 Å². The van der Waals surface area contributed by atoms with E-state index in [1.165, 1.54) is 37.8 Å². The van der Waals surface area contributed by atoms with E-state index in [0.717, 1.165) is 43.2 Å². The third-order valence-corrected chi connectivity index (χ3v) is 7.28. The summed E-state index contributed by atoms with van der Waals surface area (Å²) in [5, 5.41) is 7.06. The SMILES string of the molecule is CN[C@H]1CCN(c2ccnc(NC[C@H]3CC[C@H]4C[C@@H]3CC4(C)C)c2)C1. The molecule has 2 heterocycles. The number of fused-ring (bicyclic) bond motifs is 2. The zero-order valence-corrected chi connectivity index (χ0v) is 16.1. The van der Waals surface area contributed by atoms with Gasteiger partial charge in [0.05, 0.1) is 0 Å². The normalized spacial score (nSPS) is 33.6. The minimum Gasteiger partial charge on any atom is -0.370 e. The van der Waals surface area contributed by atoms with Gasteiger partial charge in [-0.25, -0.2) is 4.98 Å². The summed E-state index contributed by atoms with van der Waals surface area (Å²) in [5.41, 5.74) is 1.87. The maximum atomic E-state index is 4.57. The molecule has 3 aliphatic rings. The number of anilines is 2. The van der Waals surface area contributed by atoms with Crippen LogP contribution in [0.2, 0.25) is 0 Å². The Morgan fingerprint density at radius 1 is 1.28 bits per heavy atom. The van der Waals surface area contributed by atoms with Gasteiger partial charge in [-0.15, -0.1) is 0 Å². The lowest BCUT2D eigenvalue weighted by atomic mass is 9.77. The molecule has 0 unspecified atom stereocenters. The van der Waals surface area contributed by atoms with Crippen molar-refractivity contribution in [2.75, 3.05) is 36.9 Å². The molecule has 0 radical (unpaired) electrons. The summed E-state index contributed by atoms with van der Waals surface area (Å²) in [4.78, 5) is 7.04. The van der Waals surface area contributed by atoms with Crippen molar-refractivity contribution in [3.63, 3.8) is 0 Å². The van der Waals surface area contributed by atoms with E-state index in [-0.39, 0.29) is 0 Å². The highest BCUT2D eigenvalue weighted by atomic mass is 15.2. The first-order valence-corrected chi connectivity index (χ1v) is 10.2. The second kappa shape index (κ2) is 6.79. The first-order chi connectivity index (χ1) is 12.0. The van der Waals surface area contributed by atoms with Gasteiger partial charge < -0.3 is 15.5 Å². The van der Waals surface area contributed by atoms with Gasteiger partial charge in [-0.05, 0) is 68.4 Å². The van der Waals surface area contributed by atoms with Crippen LogP contribution in [0, 0.1) is 23.2 Å². The van der Waals surface area contributed by atoms with Gasteiger partial charge in [0.25, 0.3) is 0 Å². The molecule has 4 rings (SSSR count). The third kappa shape index (κ3) is 3.51. The van der Waals surface area contributed by atoms with Crippen LogP contribution >= 0.6 is 0 Å². The summed E-state index contributed by atoms with van der Waals surface area (Å²) in [6.07, 6.45) is 8.86. The van der Waals surface area contributed by atoms with E-state index in [9.17, 15) is 0 Å². The molecule has 2 N–H and O–H groups in total. The molecule has 2 bridgehead atoms. The molecule has 1 aromatic rings. The van der Waals surface area contributed by atoms with Crippen molar-refractivity contribution >= 4 is 11.5 Å². The minimum atomic E-state index is 0.567. The van der Waals surface area contributed by atoms with Crippen molar-refractivity contribution in [1.29, 1.82) is 0 Å². The fourth-order valence-corrected chi connectivity index (χ4v) is 5.58. The van der Waals surface area contributed by atoms with Gasteiger partial charge in [0.15, 0.2) is 0 Å². The molecule has 1 aromatic heterocycles. The Hall–Kier alpha value is -1.29. The second-order valence-electron chi connectivity index (χ2n) is 9.22. The van der Waals surface area contributed by atoms with Gasteiger partial charge in [0.1, 0.15) is 5.82 Å². The number of hydrogen-bond acceptors (Lipinski definition) is 4. The molecular formula is C21H34N4. The first kappa shape index (κ1) is 17.1. The first-order valence-electron chi connectivity index (χ1n) is 10.2. The number of pyridine rings is 1. The van der Waals surface area contributed by atoms with E-state index in [4.69, 9.17) is 0 Å². The maximum Gasteiger partial charge on any atom is 0.127 e. The van der Waals surface area contributed by atoms with Crippen LogP contribution in [0.15, 0.2) is 18.3 Å². The summed E-state index contributed by atoms with van der Waals surface area (Å²) in [7, 11) is 2.06. The summed E-state index contributed by atoms with van der Waals surface area (Å²) in [6, 6.07) is 5.00. The lowest BCUT2D eigenvalue weighted by Crippen LogP contribution is -2.29. The fraction of sp³-hybridized carbons (Fsp3) is 0.762. The molecule has 138 valence electrons. The average Bonchev–Trinajstić information content (AvgIpc) is 3.18. The van der Waals surface area contributed by atoms with Crippen LogP contribution in [0.4, 0.5) is 11.5 Å². The number of hydrogen-bond donors (Lipinski definition) is 2. The monoisotopic (exact) mass is 342 g/mol. The van der Waals surface area contributed by atoms with Crippen LogP contribution in [0.1, 0.15) is 46.0 Å². The lowest BCUT2D eigenvalue weighted by Gasteiger charge is -2.30. The molecule has 1 aliphatic heterocycles. The highest BCUT2D eigenvalue weighted by Gasteiger charge is 2.46. The lowest BCUT2D eigenvalue weighted by molar-refractivity contribution is 0.221. The molecule has 4 nitrogen and oxygen atoms in total. The van der Waals surface area contributed by atoms with E-state index < -0.39 is 0 Å². The molecule has 4 heteroatoms. The third-order valence-electron chi connectivity index (χ3n) is 7.28. The quantitative estimate of drug-likeness (QED) is 0.855. The Balaban J connectivity index is 1.35. The second-order valence-corrected chi connectivity index (χ2v) is 9.22. The molecule has 3 fully saturated rings. The zero-order chi connectivity index (χ0) is 17.4. The highest BCUT2D eigenvalue weighted by Crippen LogP contribution is 2.55. The van der Waals surface area contributed by atoms with Gasteiger partial charge in [0.2, 0.25) is 0 Å².